The Morgan fingerprint density at radius 1 is 0.789 bits per heavy atom. The van der Waals surface area contributed by atoms with E-state index in [0.29, 0.717) is 0 Å². The molecular weight excluding hydrogens is 389 g/mol. The number of hydrogen-bond acceptors (Lipinski definition) is 1. The Hall–Kier alpha value is -0.331. The number of hydrogen-bond donors (Lipinski definition) is 1. The molecular formula is C14H15O2PSe2. The normalized spacial score (nSPS) is 11.4. The molecule has 0 saturated heterocycles. The molecule has 0 unspecified atom stereocenters. The van der Waals surface area contributed by atoms with E-state index in [4.69, 9.17) is 0 Å². The van der Waals surface area contributed by atoms with Crippen LogP contribution in [0.15, 0.2) is 60.7 Å². The fourth-order valence-corrected chi connectivity index (χ4v) is 13.3. The standard InChI is InChI=1S/C14H15O2PSe2/c15-17(16,18-11-13-7-3-1-4-8-13)19-12-14-9-5-2-6-10-14/h1-10H,11-12H2,(H,15,16). The molecule has 1 N–H and O–H groups in total. The molecule has 19 heavy (non-hydrogen) atoms. The molecule has 100 valence electrons. The molecule has 0 bridgehead atoms. The molecule has 0 radical (unpaired) electrons. The van der Waals surface area contributed by atoms with Crippen LogP contribution in [0.2, 0.25) is 0 Å². The summed E-state index contributed by atoms with van der Waals surface area (Å²) in [6.07, 6.45) is 0. The van der Waals surface area contributed by atoms with E-state index < -0.39 is 4.75 Å². The van der Waals surface area contributed by atoms with Crippen molar-refractivity contribution in [3.05, 3.63) is 71.8 Å². The summed E-state index contributed by atoms with van der Waals surface area (Å²) >= 11 is -0.410. The Labute approximate surface area is 125 Å². The SMILES string of the molecule is O=P(O)([Se]Cc1ccccc1)[Se]Cc1ccccc1. The maximum absolute atomic E-state index is 12.2. The van der Waals surface area contributed by atoms with Crippen LogP contribution in [-0.2, 0) is 15.2 Å². The average molecular weight is 404 g/mol. The van der Waals surface area contributed by atoms with E-state index >= 15 is 0 Å². The molecule has 0 spiro atoms. The topological polar surface area (TPSA) is 37.3 Å². The summed E-state index contributed by atoms with van der Waals surface area (Å²) in [5, 5.41) is 1.50. The van der Waals surface area contributed by atoms with Crippen LogP contribution in [-0.4, -0.2) is 33.9 Å². The fourth-order valence-electron chi connectivity index (χ4n) is 1.50. The Bertz CT molecular complexity index is 498. The second kappa shape index (κ2) is 7.45. The van der Waals surface area contributed by atoms with Crippen LogP contribution in [0.1, 0.15) is 11.1 Å². The molecule has 0 fully saturated rings. The quantitative estimate of drug-likeness (QED) is 0.594. The minimum absolute atomic E-state index is 0.205. The summed E-state index contributed by atoms with van der Waals surface area (Å²) < 4.78 is 9.27. The van der Waals surface area contributed by atoms with Crippen LogP contribution in [0.25, 0.3) is 0 Å². The zero-order chi connectivity index (χ0) is 13.6. The van der Waals surface area contributed by atoms with Crippen molar-refractivity contribution in [2.75, 3.05) is 0 Å². The third-order valence-electron chi connectivity index (χ3n) is 2.47. The second-order valence-electron chi connectivity index (χ2n) is 3.99. The minimum atomic E-state index is -2.90. The molecule has 0 aromatic heterocycles. The van der Waals surface area contributed by atoms with Crippen LogP contribution in [0, 0.1) is 0 Å². The van der Waals surface area contributed by atoms with Crippen molar-refractivity contribution in [1.29, 1.82) is 0 Å². The van der Waals surface area contributed by atoms with Gasteiger partial charge in [0.1, 0.15) is 0 Å². The van der Waals surface area contributed by atoms with E-state index in [2.05, 4.69) is 0 Å². The summed E-state index contributed by atoms with van der Waals surface area (Å²) in [6.45, 7) is 0. The van der Waals surface area contributed by atoms with Gasteiger partial charge in [0.25, 0.3) is 0 Å². The number of benzene rings is 2. The third kappa shape index (κ3) is 5.67. The molecule has 2 aromatic rings. The molecule has 0 saturated carbocycles. The zero-order valence-corrected chi connectivity index (χ0v) is 14.6. The van der Waals surface area contributed by atoms with E-state index in [0.717, 1.165) is 21.8 Å². The van der Waals surface area contributed by atoms with Crippen molar-refractivity contribution in [2.24, 2.45) is 0 Å². The Morgan fingerprint density at radius 3 is 1.53 bits per heavy atom. The van der Waals surface area contributed by atoms with Gasteiger partial charge in [0, 0.05) is 0 Å². The molecule has 0 amide bonds. The van der Waals surface area contributed by atoms with Gasteiger partial charge < -0.3 is 0 Å². The molecule has 0 aliphatic carbocycles. The first kappa shape index (κ1) is 15.1. The van der Waals surface area contributed by atoms with Gasteiger partial charge in [-0.15, -0.1) is 0 Å². The van der Waals surface area contributed by atoms with Crippen LogP contribution >= 0.6 is 4.75 Å². The van der Waals surface area contributed by atoms with Crippen LogP contribution in [0.5, 0.6) is 0 Å². The molecule has 0 aliphatic heterocycles. The van der Waals surface area contributed by atoms with Gasteiger partial charge in [-0.25, -0.2) is 0 Å². The van der Waals surface area contributed by atoms with Gasteiger partial charge in [-0.2, -0.15) is 0 Å². The van der Waals surface area contributed by atoms with Crippen molar-refractivity contribution < 1.29 is 9.46 Å². The summed E-state index contributed by atoms with van der Waals surface area (Å²) in [5.41, 5.74) is 2.32. The summed E-state index contributed by atoms with van der Waals surface area (Å²) in [6, 6.07) is 19.9. The van der Waals surface area contributed by atoms with Crippen LogP contribution in [0.4, 0.5) is 0 Å². The molecule has 0 heterocycles. The first-order valence-corrected chi connectivity index (χ1v) is 14.4. The van der Waals surface area contributed by atoms with Crippen LogP contribution < -0.4 is 0 Å². The van der Waals surface area contributed by atoms with E-state index in [1.54, 1.807) is 0 Å². The van der Waals surface area contributed by atoms with Gasteiger partial charge >= 0.3 is 126 Å². The molecule has 5 heteroatoms. The van der Waals surface area contributed by atoms with Gasteiger partial charge in [-0.05, 0) is 0 Å². The molecule has 2 rings (SSSR count). The van der Waals surface area contributed by atoms with E-state index in [1.165, 1.54) is 0 Å². The van der Waals surface area contributed by atoms with Gasteiger partial charge in [-0.3, -0.25) is 0 Å². The van der Waals surface area contributed by atoms with Crippen molar-refractivity contribution >= 4 is 33.8 Å². The maximum atomic E-state index is 12.2. The monoisotopic (exact) mass is 406 g/mol. The first-order chi connectivity index (χ1) is 9.16. The van der Waals surface area contributed by atoms with Crippen molar-refractivity contribution in [3.63, 3.8) is 0 Å². The zero-order valence-electron chi connectivity index (χ0n) is 10.3. The Balaban J connectivity index is 1.84. The van der Waals surface area contributed by atoms with Gasteiger partial charge in [0.2, 0.25) is 0 Å². The molecule has 2 aromatic carbocycles. The third-order valence-corrected chi connectivity index (χ3v) is 17.4. The predicted octanol–water partition coefficient (Wildman–Crippen LogP) is 2.90. The fraction of sp³-hybridized carbons (Fsp3) is 0.143. The van der Waals surface area contributed by atoms with Gasteiger partial charge in [0.05, 0.1) is 0 Å². The molecule has 0 atom stereocenters. The van der Waals surface area contributed by atoms with E-state index in [1.807, 2.05) is 60.7 Å². The number of rotatable bonds is 6. The average Bonchev–Trinajstić information content (AvgIpc) is 2.46. The van der Waals surface area contributed by atoms with Crippen LogP contribution in [0.3, 0.4) is 0 Å². The van der Waals surface area contributed by atoms with E-state index in [9.17, 15) is 9.46 Å². The van der Waals surface area contributed by atoms with Crippen molar-refractivity contribution in [3.8, 4) is 0 Å². The van der Waals surface area contributed by atoms with Crippen molar-refractivity contribution in [1.82, 2.24) is 0 Å². The summed E-state index contributed by atoms with van der Waals surface area (Å²) in [5.74, 6) is 0. The van der Waals surface area contributed by atoms with Crippen molar-refractivity contribution in [2.45, 2.75) is 10.6 Å². The summed E-state index contributed by atoms with van der Waals surface area (Å²) in [4.78, 5) is 10.0. The Morgan fingerprint density at radius 2 is 1.16 bits per heavy atom. The predicted molar refractivity (Wildman–Crippen MR) is 81.6 cm³/mol. The molecule has 0 aliphatic rings. The Kier molecular flexibility index (Phi) is 5.91. The van der Waals surface area contributed by atoms with Gasteiger partial charge in [-0.1, -0.05) is 0 Å². The summed E-state index contributed by atoms with van der Waals surface area (Å²) in [7, 11) is 0. The second-order valence-corrected chi connectivity index (χ2v) is 19.6. The van der Waals surface area contributed by atoms with E-state index in [-0.39, 0.29) is 29.0 Å². The molecule has 2 nitrogen and oxygen atoms in total. The first-order valence-electron chi connectivity index (χ1n) is 5.85. The van der Waals surface area contributed by atoms with Gasteiger partial charge in [0.15, 0.2) is 0 Å².